The van der Waals surface area contributed by atoms with E-state index in [-0.39, 0.29) is 0 Å². The Morgan fingerprint density at radius 2 is 1.52 bits per heavy atom. The van der Waals surface area contributed by atoms with Crippen molar-refractivity contribution >= 4 is 41.3 Å². The lowest BCUT2D eigenvalue weighted by Gasteiger charge is -2.08. The number of carbonyl (C=O) groups excluding carboxylic acids is 1. The highest BCUT2D eigenvalue weighted by Crippen LogP contribution is 2.32. The van der Waals surface area contributed by atoms with Crippen LogP contribution < -0.4 is 0 Å². The molecule has 42 heavy (non-hydrogen) atoms. The largest absolute Gasteiger partial charge is 0.465 e. The lowest BCUT2D eigenvalue weighted by Crippen LogP contribution is -2.03. The molecule has 0 unspecified atom stereocenters. The maximum absolute atomic E-state index is 12.9. The summed E-state index contributed by atoms with van der Waals surface area (Å²) in [4.78, 5) is 16.6. The number of rotatable bonds is 7. The number of aromatic nitrogens is 2. The minimum absolute atomic E-state index is 0.406. The van der Waals surface area contributed by atoms with E-state index in [1.54, 1.807) is 24.3 Å². The molecule has 9 heteroatoms. The van der Waals surface area contributed by atoms with Gasteiger partial charge in [0.15, 0.2) is 0 Å². The SMILES string of the molecule is COC(=O)c1ccc(Cn2cc(-c3ccc(Cl)cc3Cl)nc2/C=C/c2ccc(-c3ccc(C(F)(F)F)cc3)cc2)cc1. The van der Waals surface area contributed by atoms with Gasteiger partial charge < -0.3 is 9.30 Å². The number of esters is 1. The first-order valence-corrected chi connectivity index (χ1v) is 13.5. The maximum atomic E-state index is 12.9. The fraction of sp³-hybridized carbons (Fsp3) is 0.0909. The van der Waals surface area contributed by atoms with Gasteiger partial charge in [-0.25, -0.2) is 9.78 Å². The van der Waals surface area contributed by atoms with Gasteiger partial charge in [0.2, 0.25) is 0 Å². The van der Waals surface area contributed by atoms with Crippen molar-refractivity contribution in [3.8, 4) is 22.4 Å². The van der Waals surface area contributed by atoms with Crippen molar-refractivity contribution in [2.24, 2.45) is 0 Å². The van der Waals surface area contributed by atoms with Crippen LogP contribution in [0.4, 0.5) is 13.2 Å². The molecule has 0 spiro atoms. The Kier molecular flexibility index (Phi) is 8.52. The van der Waals surface area contributed by atoms with Gasteiger partial charge in [0, 0.05) is 23.3 Å². The molecule has 4 aromatic carbocycles. The zero-order valence-corrected chi connectivity index (χ0v) is 23.7. The lowest BCUT2D eigenvalue weighted by atomic mass is 10.0. The molecule has 0 saturated heterocycles. The number of ether oxygens (including phenoxy) is 1. The van der Waals surface area contributed by atoms with Crippen LogP contribution in [-0.2, 0) is 17.5 Å². The van der Waals surface area contributed by atoms with Gasteiger partial charge in [0.05, 0.1) is 29.0 Å². The standard InChI is InChI=1S/C33H23Cl2F3N2O2/c1-42-32(41)25-9-4-22(5-10-25)19-40-20-30(28-16-15-27(34)18-29(28)35)39-31(40)17-6-21-2-7-23(8-3-21)24-11-13-26(14-12-24)33(36,37)38/h2-18,20H,19H2,1H3/b17-6+. The van der Waals surface area contributed by atoms with Crippen LogP contribution in [0.2, 0.25) is 10.0 Å². The molecule has 0 aliphatic carbocycles. The molecule has 0 radical (unpaired) electrons. The minimum atomic E-state index is -4.37. The summed E-state index contributed by atoms with van der Waals surface area (Å²) in [6.07, 6.45) is 1.31. The Hall–Kier alpha value is -4.33. The first-order chi connectivity index (χ1) is 20.1. The van der Waals surface area contributed by atoms with Crippen molar-refractivity contribution in [3.05, 3.63) is 135 Å². The normalized spacial score (nSPS) is 11.7. The van der Waals surface area contributed by atoms with Gasteiger partial charge in [0.25, 0.3) is 0 Å². The van der Waals surface area contributed by atoms with E-state index in [1.807, 2.05) is 65.4 Å². The molecule has 1 heterocycles. The summed E-state index contributed by atoms with van der Waals surface area (Å²) in [5.41, 5.74) is 4.50. The highest BCUT2D eigenvalue weighted by atomic mass is 35.5. The second-order valence-corrected chi connectivity index (χ2v) is 10.3. The zero-order chi connectivity index (χ0) is 29.9. The molecule has 5 aromatic rings. The molecular weight excluding hydrogens is 584 g/mol. The van der Waals surface area contributed by atoms with Crippen LogP contribution in [-0.4, -0.2) is 22.6 Å². The lowest BCUT2D eigenvalue weighted by molar-refractivity contribution is -0.137. The molecule has 1 aromatic heterocycles. The Balaban J connectivity index is 1.42. The third-order valence-electron chi connectivity index (χ3n) is 6.62. The van der Waals surface area contributed by atoms with E-state index < -0.39 is 17.7 Å². The quantitative estimate of drug-likeness (QED) is 0.173. The molecule has 212 valence electrons. The molecule has 0 bridgehead atoms. The van der Waals surface area contributed by atoms with Gasteiger partial charge in [-0.05, 0) is 70.8 Å². The van der Waals surface area contributed by atoms with Crippen LogP contribution in [0.5, 0.6) is 0 Å². The molecule has 4 nitrogen and oxygen atoms in total. The van der Waals surface area contributed by atoms with Gasteiger partial charge in [-0.1, -0.05) is 77.8 Å². The summed E-state index contributed by atoms with van der Waals surface area (Å²) in [5.74, 6) is 0.261. The molecule has 5 rings (SSSR count). The van der Waals surface area contributed by atoms with E-state index in [4.69, 9.17) is 32.9 Å². The number of benzene rings is 4. The summed E-state index contributed by atoms with van der Waals surface area (Å²) < 4.78 is 45.5. The fourth-order valence-corrected chi connectivity index (χ4v) is 4.89. The van der Waals surface area contributed by atoms with Crippen molar-refractivity contribution in [3.63, 3.8) is 0 Å². The van der Waals surface area contributed by atoms with Crippen molar-refractivity contribution in [1.29, 1.82) is 0 Å². The Morgan fingerprint density at radius 1 is 0.881 bits per heavy atom. The first kappa shape index (κ1) is 29.2. The van der Waals surface area contributed by atoms with Crippen LogP contribution in [0.3, 0.4) is 0 Å². The molecule has 0 amide bonds. The Morgan fingerprint density at radius 3 is 2.12 bits per heavy atom. The smallest absolute Gasteiger partial charge is 0.416 e. The number of hydrogen-bond acceptors (Lipinski definition) is 3. The molecular formula is C33H23Cl2F3N2O2. The summed E-state index contributed by atoms with van der Waals surface area (Å²) in [7, 11) is 1.34. The third-order valence-corrected chi connectivity index (χ3v) is 7.17. The molecule has 0 aliphatic heterocycles. The summed E-state index contributed by atoms with van der Waals surface area (Å²) >= 11 is 12.6. The third kappa shape index (κ3) is 6.75. The second-order valence-electron chi connectivity index (χ2n) is 9.46. The maximum Gasteiger partial charge on any atom is 0.416 e. The van der Waals surface area contributed by atoms with Crippen molar-refractivity contribution in [2.45, 2.75) is 12.7 Å². The van der Waals surface area contributed by atoms with E-state index in [1.165, 1.54) is 19.2 Å². The molecule has 0 N–H and O–H groups in total. The van der Waals surface area contributed by atoms with Gasteiger partial charge in [-0.3, -0.25) is 0 Å². The van der Waals surface area contributed by atoms with E-state index in [2.05, 4.69) is 0 Å². The van der Waals surface area contributed by atoms with Crippen molar-refractivity contribution in [1.82, 2.24) is 9.55 Å². The minimum Gasteiger partial charge on any atom is -0.465 e. The summed E-state index contributed by atoms with van der Waals surface area (Å²) in [6, 6.07) is 24.9. The second kappa shape index (κ2) is 12.3. The average molecular weight is 607 g/mol. The topological polar surface area (TPSA) is 44.1 Å². The van der Waals surface area contributed by atoms with Crippen molar-refractivity contribution < 1.29 is 22.7 Å². The number of halogens is 5. The summed E-state index contributed by atoms with van der Waals surface area (Å²) in [5, 5.41) is 0.998. The molecule has 0 saturated carbocycles. The molecule has 0 fully saturated rings. The number of imidazole rings is 1. The van der Waals surface area contributed by atoms with E-state index >= 15 is 0 Å². The molecule has 0 aliphatic rings. The van der Waals surface area contributed by atoms with Crippen LogP contribution >= 0.6 is 23.2 Å². The van der Waals surface area contributed by atoms with E-state index in [0.29, 0.717) is 39.2 Å². The predicted molar refractivity (Wildman–Crippen MR) is 160 cm³/mol. The number of hydrogen-bond donors (Lipinski definition) is 0. The number of nitrogens with zero attached hydrogens (tertiary/aromatic N) is 2. The van der Waals surface area contributed by atoms with Gasteiger partial charge in [-0.2, -0.15) is 13.2 Å². The monoisotopic (exact) mass is 606 g/mol. The number of alkyl halides is 3. The van der Waals surface area contributed by atoms with Crippen molar-refractivity contribution in [2.75, 3.05) is 7.11 Å². The number of carbonyl (C=O) groups is 1. The van der Waals surface area contributed by atoms with Crippen LogP contribution in [0.25, 0.3) is 34.5 Å². The predicted octanol–water partition coefficient (Wildman–Crippen LogP) is 9.55. The van der Waals surface area contributed by atoms with Gasteiger partial charge >= 0.3 is 12.1 Å². The van der Waals surface area contributed by atoms with Gasteiger partial charge in [-0.15, -0.1) is 0 Å². The highest BCUT2D eigenvalue weighted by Gasteiger charge is 2.29. The Labute approximate surface area is 250 Å². The highest BCUT2D eigenvalue weighted by molar-refractivity contribution is 6.36. The van der Waals surface area contributed by atoms with E-state index in [9.17, 15) is 18.0 Å². The average Bonchev–Trinajstić information content (AvgIpc) is 3.37. The number of methoxy groups -OCH3 is 1. The zero-order valence-electron chi connectivity index (χ0n) is 22.2. The summed E-state index contributed by atoms with van der Waals surface area (Å²) in [6.45, 7) is 0.478. The van der Waals surface area contributed by atoms with Gasteiger partial charge in [0.1, 0.15) is 5.82 Å². The van der Waals surface area contributed by atoms with E-state index in [0.717, 1.165) is 34.4 Å². The fourth-order valence-electron chi connectivity index (χ4n) is 4.39. The van der Waals surface area contributed by atoms with Crippen LogP contribution in [0, 0.1) is 0 Å². The Bertz CT molecular complexity index is 1740. The van der Waals surface area contributed by atoms with Crippen LogP contribution in [0.15, 0.2) is 97.2 Å². The first-order valence-electron chi connectivity index (χ1n) is 12.8. The van der Waals surface area contributed by atoms with Crippen LogP contribution in [0.1, 0.15) is 32.9 Å². The molecule has 0 atom stereocenters.